The van der Waals surface area contributed by atoms with E-state index in [1.807, 2.05) is 53.9 Å². The van der Waals surface area contributed by atoms with E-state index in [2.05, 4.69) is 27.0 Å². The Balaban J connectivity index is 1.57. The molecule has 0 spiro atoms. The molecule has 0 aliphatic carbocycles. The molecule has 3 aliphatic heterocycles. The number of ether oxygens (including phenoxy) is 2. The minimum atomic E-state index is 0.0318. The average molecular weight is 463 g/mol. The maximum atomic E-state index is 6.77. The number of rotatable bonds is 6. The number of nitrogens with zero attached hydrogens (tertiary/aromatic N) is 6. The molecule has 3 aliphatic rings. The molecule has 4 heterocycles. The zero-order chi connectivity index (χ0) is 23.9. The van der Waals surface area contributed by atoms with Gasteiger partial charge in [-0.05, 0) is 37.6 Å². The fourth-order valence-electron chi connectivity index (χ4n) is 4.55. The van der Waals surface area contributed by atoms with Gasteiger partial charge in [-0.25, -0.2) is 4.99 Å². The van der Waals surface area contributed by atoms with Crippen LogP contribution in [-0.2, 0) is 11.8 Å². The van der Waals surface area contributed by atoms with Gasteiger partial charge in [0.2, 0.25) is 5.96 Å². The molecular formula is C24H30N8O2. The van der Waals surface area contributed by atoms with Crippen LogP contribution in [0, 0.1) is 5.41 Å². The van der Waals surface area contributed by atoms with Crippen molar-refractivity contribution in [3.8, 4) is 17.1 Å². The smallest absolute Gasteiger partial charge is 0.205 e. The molecule has 1 aromatic carbocycles. The van der Waals surface area contributed by atoms with Crippen LogP contribution in [0.5, 0.6) is 5.75 Å². The highest BCUT2D eigenvalue weighted by Gasteiger charge is 2.36. The lowest BCUT2D eigenvalue weighted by Crippen LogP contribution is -2.45. The second-order valence-corrected chi connectivity index (χ2v) is 9.08. The molecule has 34 heavy (non-hydrogen) atoms. The summed E-state index contributed by atoms with van der Waals surface area (Å²) in [7, 11) is 1.90. The Morgan fingerprint density at radius 3 is 2.82 bits per heavy atom. The number of anilines is 1. The maximum Gasteiger partial charge on any atom is 0.205 e. The third-order valence-corrected chi connectivity index (χ3v) is 6.37. The van der Waals surface area contributed by atoms with Crippen molar-refractivity contribution in [2.75, 3.05) is 31.3 Å². The van der Waals surface area contributed by atoms with Crippen LogP contribution in [0.25, 0.3) is 11.4 Å². The molecule has 10 heteroatoms. The molecule has 1 saturated heterocycles. The predicted octanol–water partition coefficient (Wildman–Crippen LogP) is 2.28. The van der Waals surface area contributed by atoms with Gasteiger partial charge in [-0.2, -0.15) is 0 Å². The van der Waals surface area contributed by atoms with Gasteiger partial charge in [-0.3, -0.25) is 4.90 Å². The van der Waals surface area contributed by atoms with Crippen molar-refractivity contribution < 1.29 is 9.47 Å². The van der Waals surface area contributed by atoms with Gasteiger partial charge < -0.3 is 30.4 Å². The maximum absolute atomic E-state index is 6.77. The van der Waals surface area contributed by atoms with Gasteiger partial charge in [-0.1, -0.05) is 6.92 Å². The molecular weight excluding hydrogens is 432 g/mol. The van der Waals surface area contributed by atoms with Gasteiger partial charge in [0.25, 0.3) is 0 Å². The van der Waals surface area contributed by atoms with E-state index in [0.29, 0.717) is 30.7 Å². The minimum absolute atomic E-state index is 0.0318. The number of fused-ring (bicyclic) bond motifs is 1. The fourth-order valence-corrected chi connectivity index (χ4v) is 4.55. The molecule has 5 rings (SSSR count). The highest BCUT2D eigenvalue weighted by molar-refractivity contribution is 6.02. The first-order valence-electron chi connectivity index (χ1n) is 11.4. The van der Waals surface area contributed by atoms with Crippen LogP contribution < -0.4 is 21.1 Å². The van der Waals surface area contributed by atoms with E-state index >= 15 is 0 Å². The topological polar surface area (TPSA) is 120 Å². The first kappa shape index (κ1) is 22.0. The lowest BCUT2D eigenvalue weighted by molar-refractivity contribution is 0.145. The molecule has 2 aromatic rings. The van der Waals surface area contributed by atoms with Crippen molar-refractivity contribution in [2.45, 2.75) is 20.3 Å². The molecule has 1 fully saturated rings. The van der Waals surface area contributed by atoms with Crippen molar-refractivity contribution in [3.63, 3.8) is 0 Å². The normalized spacial score (nSPS) is 22.1. The van der Waals surface area contributed by atoms with Crippen LogP contribution in [0.15, 0.2) is 65.1 Å². The Labute approximate surface area is 198 Å². The molecule has 0 amide bonds. The van der Waals surface area contributed by atoms with Crippen LogP contribution in [0.4, 0.5) is 5.69 Å². The Morgan fingerprint density at radius 2 is 2.12 bits per heavy atom. The number of aromatic nitrogens is 3. The summed E-state index contributed by atoms with van der Waals surface area (Å²) in [6, 6.07) is 5.87. The predicted molar refractivity (Wildman–Crippen MR) is 130 cm³/mol. The summed E-state index contributed by atoms with van der Waals surface area (Å²) in [6.45, 7) is 6.90. The molecule has 1 unspecified atom stereocenters. The number of guanidine groups is 1. The summed E-state index contributed by atoms with van der Waals surface area (Å²) in [6.07, 6.45) is 8.43. The van der Waals surface area contributed by atoms with Crippen molar-refractivity contribution in [1.29, 1.82) is 0 Å². The van der Waals surface area contributed by atoms with Gasteiger partial charge in [0.1, 0.15) is 17.9 Å². The third kappa shape index (κ3) is 3.79. The van der Waals surface area contributed by atoms with E-state index in [-0.39, 0.29) is 5.41 Å². The van der Waals surface area contributed by atoms with E-state index in [1.165, 1.54) is 0 Å². The standard InChI is InChI=1S/C24H30N8O2/c1-4-34-19-11-16(22-29-28-15-30(22)3)5-6-18(19)32-20-17(12-27-23(32)26)7-9-31(21(20)25)13-24(2)8-10-33-14-24/h5-7,9,11-12,15H,4,8,10,13-14,25H2,1-3H3,(H2,26,27). The van der Waals surface area contributed by atoms with Crippen molar-refractivity contribution >= 4 is 11.6 Å². The molecule has 10 nitrogen and oxygen atoms in total. The summed E-state index contributed by atoms with van der Waals surface area (Å²) in [5.41, 5.74) is 16.5. The molecule has 0 radical (unpaired) electrons. The number of nitrogens with two attached hydrogens (primary N) is 2. The second kappa shape index (κ2) is 8.53. The molecule has 4 N–H and O–H groups in total. The number of allylic oxidation sites excluding steroid dienone is 1. The first-order chi connectivity index (χ1) is 16.4. The lowest BCUT2D eigenvalue weighted by Gasteiger charge is -2.38. The van der Waals surface area contributed by atoms with Crippen LogP contribution in [-0.4, -0.2) is 52.0 Å². The van der Waals surface area contributed by atoms with Gasteiger partial charge in [-0.15, -0.1) is 10.2 Å². The Bertz CT molecular complexity index is 1220. The fraction of sp³-hybridized carbons (Fsp3) is 0.375. The summed E-state index contributed by atoms with van der Waals surface area (Å²) < 4.78 is 13.6. The van der Waals surface area contributed by atoms with E-state index in [9.17, 15) is 0 Å². The van der Waals surface area contributed by atoms with Crippen molar-refractivity contribution in [2.24, 2.45) is 28.9 Å². The highest BCUT2D eigenvalue weighted by Crippen LogP contribution is 2.40. The Kier molecular flexibility index (Phi) is 5.52. The average Bonchev–Trinajstić information content (AvgIpc) is 3.45. The number of aliphatic imine (C=N–C) groups is 1. The zero-order valence-electron chi connectivity index (χ0n) is 19.7. The van der Waals surface area contributed by atoms with Gasteiger partial charge in [0, 0.05) is 49.2 Å². The Morgan fingerprint density at radius 1 is 1.26 bits per heavy atom. The van der Waals surface area contributed by atoms with Crippen molar-refractivity contribution in [3.05, 3.63) is 60.1 Å². The largest absolute Gasteiger partial charge is 0.492 e. The van der Waals surface area contributed by atoms with E-state index in [0.717, 1.165) is 47.9 Å². The van der Waals surface area contributed by atoms with E-state index < -0.39 is 0 Å². The van der Waals surface area contributed by atoms with Gasteiger partial charge >= 0.3 is 0 Å². The Hall–Kier alpha value is -3.79. The van der Waals surface area contributed by atoms with E-state index in [4.69, 9.17) is 20.9 Å². The van der Waals surface area contributed by atoms with Gasteiger partial charge in [0.05, 0.1) is 24.6 Å². The number of hydrogen-bond acceptors (Lipinski definition) is 9. The van der Waals surface area contributed by atoms with Crippen LogP contribution in [0.2, 0.25) is 0 Å². The number of aryl methyl sites for hydroxylation is 1. The molecule has 178 valence electrons. The first-order valence-corrected chi connectivity index (χ1v) is 11.4. The van der Waals surface area contributed by atoms with Crippen LogP contribution >= 0.6 is 0 Å². The SMILES string of the molecule is CCOc1cc(-c2nncn2C)ccc1N1C(N)=NC=C2C=CN(CC3(C)CCOC3)C(N)=C21. The van der Waals surface area contributed by atoms with E-state index in [1.54, 1.807) is 12.5 Å². The lowest BCUT2D eigenvalue weighted by atomic mass is 9.89. The molecule has 1 aromatic heterocycles. The van der Waals surface area contributed by atoms with Crippen molar-refractivity contribution in [1.82, 2.24) is 19.7 Å². The number of hydrogen-bond donors (Lipinski definition) is 2. The van der Waals surface area contributed by atoms with Crippen LogP contribution in [0.1, 0.15) is 20.3 Å². The summed E-state index contributed by atoms with van der Waals surface area (Å²) in [4.78, 5) is 8.36. The van der Waals surface area contributed by atoms with Gasteiger partial charge in [0.15, 0.2) is 5.82 Å². The monoisotopic (exact) mass is 462 g/mol. The molecule has 1 atom stereocenters. The summed E-state index contributed by atoms with van der Waals surface area (Å²) in [5.74, 6) is 2.32. The third-order valence-electron chi connectivity index (χ3n) is 6.37. The minimum Gasteiger partial charge on any atom is -0.492 e. The quantitative estimate of drug-likeness (QED) is 0.671. The second-order valence-electron chi connectivity index (χ2n) is 9.08. The molecule has 0 saturated carbocycles. The number of benzene rings is 1. The summed E-state index contributed by atoms with van der Waals surface area (Å²) >= 11 is 0. The summed E-state index contributed by atoms with van der Waals surface area (Å²) in [5, 5.41) is 8.21. The molecule has 0 bridgehead atoms. The van der Waals surface area contributed by atoms with Crippen LogP contribution in [0.3, 0.4) is 0 Å². The zero-order valence-corrected chi connectivity index (χ0v) is 19.7. The highest BCUT2D eigenvalue weighted by atomic mass is 16.5.